The number of carbonyl (C=O) groups is 1. The molecule has 1 aliphatic rings. The lowest BCUT2D eigenvalue weighted by Gasteiger charge is -2.22. The van der Waals surface area contributed by atoms with E-state index in [2.05, 4.69) is 5.32 Å². The smallest absolute Gasteiger partial charge is 0.171 e. The molecule has 1 aliphatic heterocycles. The molecule has 20 heavy (non-hydrogen) atoms. The largest absolute Gasteiger partial charge is 0.496 e. The van der Waals surface area contributed by atoms with Gasteiger partial charge >= 0.3 is 0 Å². The highest BCUT2D eigenvalue weighted by Gasteiger charge is 2.25. The number of benzene rings is 1. The maximum absolute atomic E-state index is 12.6. The highest BCUT2D eigenvalue weighted by Crippen LogP contribution is 2.28. The van der Waals surface area contributed by atoms with Gasteiger partial charge in [0.15, 0.2) is 5.78 Å². The summed E-state index contributed by atoms with van der Waals surface area (Å²) >= 11 is 0. The molecule has 2 rings (SSSR count). The topological polar surface area (TPSA) is 47.6 Å². The van der Waals surface area contributed by atoms with Gasteiger partial charge in [-0.3, -0.25) is 4.79 Å². The molecule has 1 atom stereocenters. The molecule has 1 fully saturated rings. The molecule has 1 aromatic carbocycles. The van der Waals surface area contributed by atoms with Crippen LogP contribution in [0.15, 0.2) is 18.2 Å². The van der Waals surface area contributed by atoms with Gasteiger partial charge < -0.3 is 14.8 Å². The highest BCUT2D eigenvalue weighted by molar-refractivity contribution is 6.00. The molecule has 0 saturated carbocycles. The van der Waals surface area contributed by atoms with Crippen LogP contribution in [-0.4, -0.2) is 32.1 Å². The Morgan fingerprint density at radius 3 is 2.80 bits per heavy atom. The Bertz CT molecular complexity index is 465. The predicted molar refractivity (Wildman–Crippen MR) is 78.7 cm³/mol. The second-order valence-corrected chi connectivity index (χ2v) is 5.44. The van der Waals surface area contributed by atoms with Crippen molar-refractivity contribution in [3.63, 3.8) is 0 Å². The maximum Gasteiger partial charge on any atom is 0.171 e. The Labute approximate surface area is 120 Å². The van der Waals surface area contributed by atoms with Crippen molar-refractivity contribution in [3.8, 4) is 11.5 Å². The molecule has 0 amide bonds. The Balaban J connectivity index is 2.24. The molecule has 0 spiro atoms. The molecule has 4 heteroatoms. The molecule has 4 nitrogen and oxygen atoms in total. The van der Waals surface area contributed by atoms with Crippen LogP contribution in [0.2, 0.25) is 0 Å². The van der Waals surface area contributed by atoms with Crippen LogP contribution in [0.25, 0.3) is 0 Å². The van der Waals surface area contributed by atoms with Gasteiger partial charge in [-0.2, -0.15) is 0 Å². The van der Waals surface area contributed by atoms with Crippen molar-refractivity contribution >= 4 is 5.78 Å². The third-order valence-electron chi connectivity index (χ3n) is 3.48. The molecular formula is C16H23NO3. The van der Waals surface area contributed by atoms with E-state index in [1.807, 2.05) is 19.9 Å². The molecule has 1 heterocycles. The number of hydrogen-bond acceptors (Lipinski definition) is 4. The summed E-state index contributed by atoms with van der Waals surface area (Å²) < 4.78 is 11.0. The number of ketones is 1. The second-order valence-electron chi connectivity index (χ2n) is 5.44. The Morgan fingerprint density at radius 1 is 1.40 bits per heavy atom. The Kier molecular flexibility index (Phi) is 5.01. The number of ether oxygens (including phenoxy) is 2. The molecule has 0 bridgehead atoms. The van der Waals surface area contributed by atoms with E-state index >= 15 is 0 Å². The van der Waals surface area contributed by atoms with Crippen molar-refractivity contribution in [3.05, 3.63) is 23.8 Å². The zero-order valence-corrected chi connectivity index (χ0v) is 12.4. The molecule has 0 aliphatic carbocycles. The minimum absolute atomic E-state index is 0.0342. The number of Topliss-reactive ketones (excluding diaryl/α,β-unsaturated/α-hetero) is 1. The van der Waals surface area contributed by atoms with Crippen molar-refractivity contribution < 1.29 is 14.3 Å². The van der Waals surface area contributed by atoms with E-state index in [1.54, 1.807) is 19.2 Å². The van der Waals surface area contributed by atoms with Crippen LogP contribution >= 0.6 is 0 Å². The lowest BCUT2D eigenvalue weighted by molar-refractivity contribution is 0.0895. The van der Waals surface area contributed by atoms with Gasteiger partial charge in [0.05, 0.1) is 18.8 Å². The second kappa shape index (κ2) is 6.75. The summed E-state index contributed by atoms with van der Waals surface area (Å²) in [5.74, 6) is 1.51. The van der Waals surface area contributed by atoms with E-state index in [0.29, 0.717) is 17.1 Å². The van der Waals surface area contributed by atoms with Crippen molar-refractivity contribution in [2.24, 2.45) is 5.92 Å². The SMILES string of the molecule is COc1ccc(OC(C)C)cc1C(=O)C1CCCNC1. The van der Waals surface area contributed by atoms with Crippen LogP contribution in [0, 0.1) is 5.92 Å². The van der Waals surface area contributed by atoms with Gasteiger partial charge in [0.1, 0.15) is 11.5 Å². The number of piperidine rings is 1. The van der Waals surface area contributed by atoms with Crippen molar-refractivity contribution in [2.75, 3.05) is 20.2 Å². The third-order valence-corrected chi connectivity index (χ3v) is 3.48. The standard InChI is InChI=1S/C16H23NO3/c1-11(2)20-13-6-7-15(19-3)14(9-13)16(18)12-5-4-8-17-10-12/h6-7,9,11-12,17H,4-5,8,10H2,1-3H3. The highest BCUT2D eigenvalue weighted by atomic mass is 16.5. The number of hydrogen-bond donors (Lipinski definition) is 1. The average molecular weight is 277 g/mol. The average Bonchev–Trinajstić information content (AvgIpc) is 2.46. The van der Waals surface area contributed by atoms with Crippen LogP contribution in [0.4, 0.5) is 0 Å². The monoisotopic (exact) mass is 277 g/mol. The fourth-order valence-electron chi connectivity index (χ4n) is 2.52. The van der Waals surface area contributed by atoms with Crippen LogP contribution in [0.5, 0.6) is 11.5 Å². The molecule has 1 N–H and O–H groups in total. The van der Waals surface area contributed by atoms with E-state index in [4.69, 9.17) is 9.47 Å². The van der Waals surface area contributed by atoms with Gasteiger partial charge in [0, 0.05) is 12.5 Å². The summed E-state index contributed by atoms with van der Waals surface area (Å²) in [7, 11) is 1.59. The number of rotatable bonds is 5. The maximum atomic E-state index is 12.6. The summed E-state index contributed by atoms with van der Waals surface area (Å²) in [6, 6.07) is 5.45. The first-order valence-corrected chi connectivity index (χ1v) is 7.21. The normalized spacial score (nSPS) is 18.9. The fourth-order valence-corrected chi connectivity index (χ4v) is 2.52. The first-order chi connectivity index (χ1) is 9.61. The van der Waals surface area contributed by atoms with Gasteiger partial charge in [0.25, 0.3) is 0 Å². The predicted octanol–water partition coefficient (Wildman–Crippen LogP) is 2.66. The van der Waals surface area contributed by atoms with Gasteiger partial charge in [-0.25, -0.2) is 0 Å². The van der Waals surface area contributed by atoms with E-state index in [-0.39, 0.29) is 17.8 Å². The molecule has 0 aromatic heterocycles. The van der Waals surface area contributed by atoms with Crippen molar-refractivity contribution in [2.45, 2.75) is 32.8 Å². The van der Waals surface area contributed by atoms with Crippen LogP contribution in [0.3, 0.4) is 0 Å². The number of nitrogens with one attached hydrogen (secondary N) is 1. The molecular weight excluding hydrogens is 254 g/mol. The molecule has 0 radical (unpaired) electrons. The third kappa shape index (κ3) is 3.51. The van der Waals surface area contributed by atoms with Gasteiger partial charge in [-0.15, -0.1) is 0 Å². The van der Waals surface area contributed by atoms with E-state index in [1.165, 1.54) is 0 Å². The van der Waals surface area contributed by atoms with E-state index in [9.17, 15) is 4.79 Å². The van der Waals surface area contributed by atoms with Crippen molar-refractivity contribution in [1.29, 1.82) is 0 Å². The van der Waals surface area contributed by atoms with Crippen LogP contribution in [-0.2, 0) is 0 Å². The number of methoxy groups -OCH3 is 1. The summed E-state index contributed by atoms with van der Waals surface area (Å²) in [4.78, 5) is 12.6. The summed E-state index contributed by atoms with van der Waals surface area (Å²) in [6.07, 6.45) is 2.06. The first-order valence-electron chi connectivity index (χ1n) is 7.21. The van der Waals surface area contributed by atoms with Crippen LogP contribution in [0.1, 0.15) is 37.0 Å². The summed E-state index contributed by atoms with van der Waals surface area (Å²) in [5, 5.41) is 3.28. The van der Waals surface area contributed by atoms with Gasteiger partial charge in [0.2, 0.25) is 0 Å². The van der Waals surface area contributed by atoms with E-state index in [0.717, 1.165) is 25.9 Å². The molecule has 110 valence electrons. The van der Waals surface area contributed by atoms with Gasteiger partial charge in [-0.05, 0) is 51.4 Å². The van der Waals surface area contributed by atoms with Crippen LogP contribution < -0.4 is 14.8 Å². The Morgan fingerprint density at radius 2 is 2.20 bits per heavy atom. The minimum Gasteiger partial charge on any atom is -0.496 e. The van der Waals surface area contributed by atoms with E-state index < -0.39 is 0 Å². The quantitative estimate of drug-likeness (QED) is 0.841. The lowest BCUT2D eigenvalue weighted by atomic mass is 9.90. The zero-order chi connectivity index (χ0) is 14.5. The van der Waals surface area contributed by atoms with Crippen molar-refractivity contribution in [1.82, 2.24) is 5.32 Å². The first kappa shape index (κ1) is 14.9. The fraction of sp³-hybridized carbons (Fsp3) is 0.562. The summed E-state index contributed by atoms with van der Waals surface area (Å²) in [6.45, 7) is 5.68. The zero-order valence-electron chi connectivity index (χ0n) is 12.4. The minimum atomic E-state index is 0.0342. The molecule has 1 unspecified atom stereocenters. The summed E-state index contributed by atoms with van der Waals surface area (Å²) in [5.41, 5.74) is 0.624. The van der Waals surface area contributed by atoms with Gasteiger partial charge in [-0.1, -0.05) is 0 Å². The Hall–Kier alpha value is -1.55. The lowest BCUT2D eigenvalue weighted by Crippen LogP contribution is -2.34. The molecule has 1 saturated heterocycles. The molecule has 1 aromatic rings. The number of carbonyl (C=O) groups excluding carboxylic acids is 1.